The second-order valence-electron chi connectivity index (χ2n) is 6.91. The van der Waals surface area contributed by atoms with Crippen LogP contribution in [0.15, 0.2) is 48.7 Å². The fourth-order valence-corrected chi connectivity index (χ4v) is 3.54. The van der Waals surface area contributed by atoms with E-state index in [4.69, 9.17) is 14.2 Å². The van der Waals surface area contributed by atoms with Crippen molar-refractivity contribution >= 4 is 23.3 Å². The van der Waals surface area contributed by atoms with Crippen molar-refractivity contribution in [3.63, 3.8) is 0 Å². The van der Waals surface area contributed by atoms with Crippen molar-refractivity contribution in [1.82, 2.24) is 9.78 Å². The Morgan fingerprint density at radius 2 is 1.77 bits per heavy atom. The van der Waals surface area contributed by atoms with Gasteiger partial charge in [-0.25, -0.2) is 4.68 Å². The first-order chi connectivity index (χ1) is 15.0. The van der Waals surface area contributed by atoms with E-state index in [0.717, 1.165) is 5.56 Å². The minimum Gasteiger partial charge on any atom is -0.497 e. The molecule has 1 aromatic heterocycles. The number of rotatable bonds is 6. The van der Waals surface area contributed by atoms with Gasteiger partial charge in [-0.3, -0.25) is 9.59 Å². The van der Waals surface area contributed by atoms with Crippen LogP contribution < -0.4 is 24.8 Å². The predicted octanol–water partition coefficient (Wildman–Crippen LogP) is 3.10. The average Bonchev–Trinajstić information content (AvgIpc) is 3.21. The van der Waals surface area contributed by atoms with Crippen molar-refractivity contribution in [1.29, 1.82) is 0 Å². The van der Waals surface area contributed by atoms with Crippen molar-refractivity contribution in [3.05, 3.63) is 48.7 Å². The Labute approximate surface area is 178 Å². The van der Waals surface area contributed by atoms with Gasteiger partial charge in [0.1, 0.15) is 29.1 Å². The molecule has 31 heavy (non-hydrogen) atoms. The number of carbonyl (C=O) groups excluding carboxylic acids is 2. The lowest BCUT2D eigenvalue weighted by atomic mass is 10.1. The molecule has 9 nitrogen and oxygen atoms in total. The zero-order valence-corrected chi connectivity index (χ0v) is 17.3. The molecule has 1 aliphatic heterocycles. The molecule has 3 aromatic rings. The summed E-state index contributed by atoms with van der Waals surface area (Å²) in [7, 11) is 4.63. The molecule has 4 rings (SSSR count). The molecule has 1 aliphatic rings. The van der Waals surface area contributed by atoms with Crippen LogP contribution in [0.4, 0.5) is 11.5 Å². The summed E-state index contributed by atoms with van der Waals surface area (Å²) in [4.78, 5) is 25.5. The molecule has 0 fully saturated rings. The normalized spacial score (nSPS) is 14.9. The fourth-order valence-electron chi connectivity index (χ4n) is 3.54. The van der Waals surface area contributed by atoms with Crippen molar-refractivity contribution < 1.29 is 23.8 Å². The number of nitrogens with zero attached hydrogens (tertiary/aromatic N) is 2. The number of nitrogens with one attached hydrogen (secondary N) is 2. The number of amides is 2. The van der Waals surface area contributed by atoms with E-state index >= 15 is 0 Å². The lowest BCUT2D eigenvalue weighted by Gasteiger charge is -2.25. The maximum atomic E-state index is 13.1. The molecule has 0 radical (unpaired) electrons. The summed E-state index contributed by atoms with van der Waals surface area (Å²) in [6.45, 7) is 0. The molecule has 0 saturated heterocycles. The molecule has 2 aromatic carbocycles. The fraction of sp³-hybridized carbons (Fsp3) is 0.227. The molecule has 1 atom stereocenters. The van der Waals surface area contributed by atoms with Crippen LogP contribution in [0.1, 0.15) is 12.5 Å². The molecule has 160 valence electrons. The van der Waals surface area contributed by atoms with Crippen molar-refractivity contribution in [3.8, 4) is 28.4 Å². The topological polar surface area (TPSA) is 104 Å². The lowest BCUT2D eigenvalue weighted by Crippen LogP contribution is -2.35. The van der Waals surface area contributed by atoms with Gasteiger partial charge in [-0.05, 0) is 6.07 Å². The van der Waals surface area contributed by atoms with Gasteiger partial charge in [0.2, 0.25) is 11.8 Å². The van der Waals surface area contributed by atoms with Gasteiger partial charge >= 0.3 is 0 Å². The third-order valence-electron chi connectivity index (χ3n) is 5.05. The molecule has 0 aliphatic carbocycles. The van der Waals surface area contributed by atoms with Crippen molar-refractivity contribution in [2.24, 2.45) is 0 Å². The summed E-state index contributed by atoms with van der Waals surface area (Å²) >= 11 is 0. The molecule has 0 saturated carbocycles. The first-order valence-corrected chi connectivity index (χ1v) is 9.58. The Morgan fingerprint density at radius 1 is 1.06 bits per heavy atom. The Balaban J connectivity index is 1.67. The van der Waals surface area contributed by atoms with E-state index < -0.39 is 6.04 Å². The predicted molar refractivity (Wildman–Crippen MR) is 115 cm³/mol. The van der Waals surface area contributed by atoms with E-state index in [-0.39, 0.29) is 18.2 Å². The van der Waals surface area contributed by atoms with E-state index in [9.17, 15) is 9.59 Å². The van der Waals surface area contributed by atoms with E-state index in [1.54, 1.807) is 31.5 Å². The highest BCUT2D eigenvalue weighted by Gasteiger charge is 2.33. The van der Waals surface area contributed by atoms with Crippen LogP contribution in [0.25, 0.3) is 11.1 Å². The van der Waals surface area contributed by atoms with E-state index in [0.29, 0.717) is 34.3 Å². The Hall–Kier alpha value is -4.01. The minimum atomic E-state index is -0.815. The van der Waals surface area contributed by atoms with Crippen LogP contribution >= 0.6 is 0 Å². The molecule has 2 heterocycles. The summed E-state index contributed by atoms with van der Waals surface area (Å²) < 4.78 is 17.4. The highest BCUT2D eigenvalue weighted by atomic mass is 16.5. The molecule has 0 bridgehead atoms. The van der Waals surface area contributed by atoms with Crippen LogP contribution in [0.2, 0.25) is 0 Å². The number of aromatic nitrogens is 2. The third-order valence-corrected chi connectivity index (χ3v) is 5.05. The Morgan fingerprint density at radius 3 is 2.45 bits per heavy atom. The number of benzene rings is 2. The van der Waals surface area contributed by atoms with Crippen LogP contribution in [0.5, 0.6) is 17.2 Å². The second kappa shape index (κ2) is 8.39. The second-order valence-corrected chi connectivity index (χ2v) is 6.91. The summed E-state index contributed by atoms with van der Waals surface area (Å²) in [5.74, 6) is 1.52. The van der Waals surface area contributed by atoms with Crippen LogP contribution in [-0.2, 0) is 9.59 Å². The molecule has 2 N–H and O–H groups in total. The maximum absolute atomic E-state index is 13.1. The number of para-hydroxylation sites is 1. The highest BCUT2D eigenvalue weighted by Crippen LogP contribution is 2.38. The third kappa shape index (κ3) is 3.89. The SMILES string of the molecule is COc1cc(NC(=O)C2CC(=O)Nc3c(-c4ccccc4OC)cnn32)cc(OC)c1. The van der Waals surface area contributed by atoms with E-state index in [2.05, 4.69) is 15.7 Å². The number of hydrogen-bond donors (Lipinski definition) is 2. The smallest absolute Gasteiger partial charge is 0.249 e. The maximum Gasteiger partial charge on any atom is 0.249 e. The van der Waals surface area contributed by atoms with Gasteiger partial charge in [-0.1, -0.05) is 18.2 Å². The van der Waals surface area contributed by atoms with Crippen LogP contribution in [-0.4, -0.2) is 42.9 Å². The van der Waals surface area contributed by atoms with Gasteiger partial charge in [0, 0.05) is 35.0 Å². The molecule has 0 spiro atoms. The van der Waals surface area contributed by atoms with Gasteiger partial charge in [-0.2, -0.15) is 5.10 Å². The van der Waals surface area contributed by atoms with Crippen LogP contribution in [0, 0.1) is 0 Å². The summed E-state index contributed by atoms with van der Waals surface area (Å²) in [6, 6.07) is 11.7. The average molecular weight is 422 g/mol. The van der Waals surface area contributed by atoms with E-state index in [1.807, 2.05) is 24.3 Å². The minimum absolute atomic E-state index is 0.0347. The number of fused-ring (bicyclic) bond motifs is 1. The number of carbonyl (C=O) groups is 2. The molecule has 9 heteroatoms. The standard InChI is InChI=1S/C22H22N4O5/c1-29-14-8-13(9-15(10-14)30-2)24-22(28)18-11-20(27)25-21-17(12-23-26(18)21)16-6-4-5-7-19(16)31-3/h4-10,12,18H,11H2,1-3H3,(H,24,28)(H,25,27). The van der Waals surface area contributed by atoms with E-state index in [1.165, 1.54) is 18.9 Å². The molecular formula is C22H22N4O5. The van der Waals surface area contributed by atoms with Crippen molar-refractivity contribution in [2.75, 3.05) is 32.0 Å². The van der Waals surface area contributed by atoms with Crippen molar-refractivity contribution in [2.45, 2.75) is 12.5 Å². The number of hydrogen-bond acceptors (Lipinski definition) is 6. The largest absolute Gasteiger partial charge is 0.497 e. The quantitative estimate of drug-likeness (QED) is 0.633. The van der Waals surface area contributed by atoms with Gasteiger partial charge in [0.15, 0.2) is 0 Å². The van der Waals surface area contributed by atoms with Crippen LogP contribution in [0.3, 0.4) is 0 Å². The highest BCUT2D eigenvalue weighted by molar-refractivity contribution is 6.03. The van der Waals surface area contributed by atoms with Gasteiger partial charge in [-0.15, -0.1) is 0 Å². The van der Waals surface area contributed by atoms with Gasteiger partial charge in [0.25, 0.3) is 0 Å². The zero-order chi connectivity index (χ0) is 22.0. The zero-order valence-electron chi connectivity index (χ0n) is 17.3. The lowest BCUT2D eigenvalue weighted by molar-refractivity contribution is -0.125. The monoisotopic (exact) mass is 422 g/mol. The first-order valence-electron chi connectivity index (χ1n) is 9.58. The Kier molecular flexibility index (Phi) is 5.48. The van der Waals surface area contributed by atoms with Gasteiger partial charge < -0.3 is 24.8 Å². The molecule has 1 unspecified atom stereocenters. The van der Waals surface area contributed by atoms with Gasteiger partial charge in [0.05, 0.1) is 33.9 Å². The molecule has 2 amide bonds. The Bertz CT molecular complexity index is 1120. The number of ether oxygens (including phenoxy) is 3. The molecular weight excluding hydrogens is 400 g/mol. The first kappa shape index (κ1) is 20.3. The number of methoxy groups -OCH3 is 3. The number of anilines is 2. The summed E-state index contributed by atoms with van der Waals surface area (Å²) in [6.07, 6.45) is 1.58. The summed E-state index contributed by atoms with van der Waals surface area (Å²) in [5, 5.41) is 10.0. The summed E-state index contributed by atoms with van der Waals surface area (Å²) in [5.41, 5.74) is 1.93.